The molecule has 0 aliphatic heterocycles. The SMILES string of the molecule is CC1(C)c2cc(N(c3ccc(-c4ccccc4)cc3)c3ccc4ccccc4c3)ccc2-c2c1cc1oc3ccccc3c1c2-c1ccccc1. The fourth-order valence-corrected chi connectivity index (χ4v) is 8.30. The minimum Gasteiger partial charge on any atom is -0.456 e. The maximum absolute atomic E-state index is 6.58. The molecule has 2 heteroatoms. The van der Waals surface area contributed by atoms with Crippen LogP contribution in [0.2, 0.25) is 0 Å². The van der Waals surface area contributed by atoms with Crippen LogP contribution in [0.3, 0.4) is 0 Å². The molecule has 1 aliphatic rings. The number of anilines is 3. The van der Waals surface area contributed by atoms with Crippen molar-refractivity contribution < 1.29 is 4.42 Å². The fraction of sp³-hybridized carbons (Fsp3) is 0.0612. The van der Waals surface area contributed by atoms with Gasteiger partial charge >= 0.3 is 0 Å². The minimum absolute atomic E-state index is 0.260. The molecule has 242 valence electrons. The predicted molar refractivity (Wildman–Crippen MR) is 214 cm³/mol. The molecule has 51 heavy (non-hydrogen) atoms. The van der Waals surface area contributed by atoms with Gasteiger partial charge in [0, 0.05) is 38.8 Å². The van der Waals surface area contributed by atoms with Crippen molar-refractivity contribution in [2.24, 2.45) is 0 Å². The lowest BCUT2D eigenvalue weighted by Crippen LogP contribution is -2.16. The summed E-state index contributed by atoms with van der Waals surface area (Å²) in [5, 5.41) is 4.78. The molecule has 9 aromatic rings. The van der Waals surface area contributed by atoms with Crippen molar-refractivity contribution in [3.8, 4) is 33.4 Å². The Labute approximate surface area is 297 Å². The van der Waals surface area contributed by atoms with Gasteiger partial charge in [0.15, 0.2) is 0 Å². The molecule has 0 unspecified atom stereocenters. The van der Waals surface area contributed by atoms with Crippen LogP contribution in [0.15, 0.2) is 180 Å². The molecule has 0 spiro atoms. The molecule has 0 saturated heterocycles. The molecule has 1 aliphatic carbocycles. The molecular formula is C49H35NO. The molecule has 0 N–H and O–H groups in total. The van der Waals surface area contributed by atoms with E-state index in [1.54, 1.807) is 0 Å². The molecule has 0 bridgehead atoms. The van der Waals surface area contributed by atoms with Gasteiger partial charge in [-0.05, 0) is 98.2 Å². The third-order valence-electron chi connectivity index (χ3n) is 10.8. The van der Waals surface area contributed by atoms with Gasteiger partial charge in [0.2, 0.25) is 0 Å². The molecule has 0 atom stereocenters. The highest BCUT2D eigenvalue weighted by molar-refractivity contribution is 6.17. The van der Waals surface area contributed by atoms with E-state index >= 15 is 0 Å². The van der Waals surface area contributed by atoms with Gasteiger partial charge in [-0.1, -0.05) is 141 Å². The van der Waals surface area contributed by atoms with Crippen molar-refractivity contribution in [1.82, 2.24) is 0 Å². The van der Waals surface area contributed by atoms with Gasteiger partial charge in [-0.15, -0.1) is 0 Å². The zero-order valence-electron chi connectivity index (χ0n) is 28.6. The second-order valence-corrected chi connectivity index (χ2v) is 14.1. The minimum atomic E-state index is -0.260. The van der Waals surface area contributed by atoms with Gasteiger partial charge < -0.3 is 9.32 Å². The first kappa shape index (κ1) is 29.5. The van der Waals surface area contributed by atoms with Crippen molar-refractivity contribution in [1.29, 1.82) is 0 Å². The number of para-hydroxylation sites is 1. The first-order valence-corrected chi connectivity index (χ1v) is 17.7. The maximum atomic E-state index is 6.58. The third-order valence-corrected chi connectivity index (χ3v) is 10.8. The second kappa shape index (κ2) is 11.3. The largest absolute Gasteiger partial charge is 0.456 e. The van der Waals surface area contributed by atoms with Crippen LogP contribution in [0.25, 0.3) is 66.1 Å². The van der Waals surface area contributed by atoms with E-state index in [-0.39, 0.29) is 5.41 Å². The Morgan fingerprint density at radius 3 is 1.82 bits per heavy atom. The van der Waals surface area contributed by atoms with Gasteiger partial charge in [-0.3, -0.25) is 0 Å². The molecular weight excluding hydrogens is 619 g/mol. The van der Waals surface area contributed by atoms with Crippen LogP contribution in [0.1, 0.15) is 25.0 Å². The summed E-state index contributed by atoms with van der Waals surface area (Å²) in [4.78, 5) is 2.40. The van der Waals surface area contributed by atoms with Crippen molar-refractivity contribution in [3.05, 3.63) is 187 Å². The average molecular weight is 654 g/mol. The van der Waals surface area contributed by atoms with Crippen LogP contribution >= 0.6 is 0 Å². The monoisotopic (exact) mass is 653 g/mol. The average Bonchev–Trinajstić information content (AvgIpc) is 3.66. The van der Waals surface area contributed by atoms with Crippen molar-refractivity contribution in [2.45, 2.75) is 19.3 Å². The molecule has 2 nitrogen and oxygen atoms in total. The summed E-state index contributed by atoms with van der Waals surface area (Å²) in [7, 11) is 0. The van der Waals surface area contributed by atoms with Crippen molar-refractivity contribution in [3.63, 3.8) is 0 Å². The Bertz CT molecular complexity index is 2760. The van der Waals surface area contributed by atoms with E-state index in [1.807, 2.05) is 0 Å². The highest BCUT2D eigenvalue weighted by Gasteiger charge is 2.39. The standard InChI is InChI=1S/C49H35NO/c1-49(2)42-30-39(50(38-26-23-33-15-9-10-18-36(33)29-38)37-24-21-34(22-25-37)32-13-5-3-6-14-32)27-28-40(42)47-43(49)31-45-48(41-19-11-12-20-44(41)51-45)46(47)35-16-7-4-8-17-35/h3-31H,1-2H3. The van der Waals surface area contributed by atoms with Crippen LogP contribution in [0.5, 0.6) is 0 Å². The quantitative estimate of drug-likeness (QED) is 0.184. The number of benzene rings is 8. The molecule has 10 rings (SSSR count). The Balaban J connectivity index is 1.19. The van der Waals surface area contributed by atoms with Gasteiger partial charge in [-0.25, -0.2) is 0 Å². The number of nitrogens with zero attached hydrogens (tertiary/aromatic N) is 1. The van der Waals surface area contributed by atoms with Gasteiger partial charge in [0.25, 0.3) is 0 Å². The van der Waals surface area contributed by atoms with E-state index in [9.17, 15) is 0 Å². The van der Waals surface area contributed by atoms with Crippen LogP contribution in [0, 0.1) is 0 Å². The summed E-state index contributed by atoms with van der Waals surface area (Å²) in [5.41, 5.74) is 15.0. The van der Waals surface area contributed by atoms with E-state index in [1.165, 1.54) is 60.7 Å². The fourth-order valence-electron chi connectivity index (χ4n) is 8.30. The summed E-state index contributed by atoms with van der Waals surface area (Å²) in [5.74, 6) is 0. The van der Waals surface area contributed by atoms with Gasteiger partial charge in [-0.2, -0.15) is 0 Å². The lowest BCUT2D eigenvalue weighted by molar-refractivity contribution is 0.647. The Morgan fingerprint density at radius 1 is 0.431 bits per heavy atom. The number of rotatable bonds is 5. The molecule has 1 heterocycles. The predicted octanol–water partition coefficient (Wildman–Crippen LogP) is 13.8. The first-order valence-electron chi connectivity index (χ1n) is 17.7. The van der Waals surface area contributed by atoms with Crippen LogP contribution in [-0.2, 0) is 5.41 Å². The van der Waals surface area contributed by atoms with E-state index in [4.69, 9.17) is 4.42 Å². The Kier molecular flexibility index (Phi) is 6.56. The highest BCUT2D eigenvalue weighted by Crippen LogP contribution is 2.56. The number of hydrogen-bond acceptors (Lipinski definition) is 2. The second-order valence-electron chi connectivity index (χ2n) is 14.1. The van der Waals surface area contributed by atoms with E-state index in [2.05, 4.69) is 195 Å². The zero-order valence-corrected chi connectivity index (χ0v) is 28.6. The maximum Gasteiger partial charge on any atom is 0.136 e. The lowest BCUT2D eigenvalue weighted by atomic mass is 9.81. The Hall–Kier alpha value is -6.38. The number of hydrogen-bond donors (Lipinski definition) is 0. The van der Waals surface area contributed by atoms with Crippen LogP contribution in [-0.4, -0.2) is 0 Å². The summed E-state index contributed by atoms with van der Waals surface area (Å²) < 4.78 is 6.58. The first-order chi connectivity index (χ1) is 25.0. The van der Waals surface area contributed by atoms with E-state index < -0.39 is 0 Å². The van der Waals surface area contributed by atoms with Crippen molar-refractivity contribution >= 4 is 49.8 Å². The summed E-state index contributed by atoms with van der Waals surface area (Å²) in [6.07, 6.45) is 0. The van der Waals surface area contributed by atoms with Gasteiger partial charge in [0.1, 0.15) is 11.2 Å². The summed E-state index contributed by atoms with van der Waals surface area (Å²) in [6.45, 7) is 4.72. The van der Waals surface area contributed by atoms with E-state index in [0.29, 0.717) is 0 Å². The molecule has 0 fully saturated rings. The van der Waals surface area contributed by atoms with E-state index in [0.717, 1.165) is 33.6 Å². The molecule has 1 aromatic heterocycles. The van der Waals surface area contributed by atoms with Gasteiger partial charge in [0.05, 0.1) is 0 Å². The summed E-state index contributed by atoms with van der Waals surface area (Å²) >= 11 is 0. The van der Waals surface area contributed by atoms with Crippen LogP contribution in [0.4, 0.5) is 17.1 Å². The zero-order chi connectivity index (χ0) is 34.1. The number of furan rings is 1. The Morgan fingerprint density at radius 2 is 1.04 bits per heavy atom. The topological polar surface area (TPSA) is 16.4 Å². The van der Waals surface area contributed by atoms with Crippen LogP contribution < -0.4 is 4.90 Å². The lowest BCUT2D eigenvalue weighted by Gasteiger charge is -2.28. The number of fused-ring (bicyclic) bond motifs is 7. The third kappa shape index (κ3) is 4.64. The highest BCUT2D eigenvalue weighted by atomic mass is 16.3. The normalized spacial score (nSPS) is 13.1. The summed E-state index contributed by atoms with van der Waals surface area (Å²) in [6, 6.07) is 63.6. The molecule has 0 radical (unpaired) electrons. The smallest absolute Gasteiger partial charge is 0.136 e. The molecule has 8 aromatic carbocycles. The molecule has 0 amide bonds. The molecule has 0 saturated carbocycles. The van der Waals surface area contributed by atoms with Crippen molar-refractivity contribution in [2.75, 3.05) is 4.90 Å².